The van der Waals surface area contributed by atoms with Crippen LogP contribution in [0.5, 0.6) is 0 Å². The molecule has 7 heteroatoms. The summed E-state index contributed by atoms with van der Waals surface area (Å²) < 4.78 is 53.6. The van der Waals surface area contributed by atoms with Gasteiger partial charge in [0.05, 0.1) is 17.3 Å². The number of halogens is 4. The summed E-state index contributed by atoms with van der Waals surface area (Å²) in [5.41, 5.74) is 4.83. The van der Waals surface area contributed by atoms with E-state index in [1.165, 1.54) is 16.9 Å². The summed E-state index contributed by atoms with van der Waals surface area (Å²) in [6, 6.07) is 3.66. The third-order valence-corrected chi connectivity index (χ3v) is 3.04. The molecular weight excluding hydrogens is 274 g/mol. The normalized spacial score (nSPS) is 13.5. The van der Waals surface area contributed by atoms with E-state index in [0.717, 1.165) is 6.07 Å². The van der Waals surface area contributed by atoms with Gasteiger partial charge in [-0.05, 0) is 19.1 Å². The highest BCUT2D eigenvalue weighted by Gasteiger charge is 2.35. The minimum atomic E-state index is -4.75. The molecule has 20 heavy (non-hydrogen) atoms. The van der Waals surface area contributed by atoms with Crippen LogP contribution in [0.1, 0.15) is 29.8 Å². The Labute approximate surface area is 113 Å². The Morgan fingerprint density at radius 2 is 2.00 bits per heavy atom. The Balaban J connectivity index is 2.48. The molecule has 2 aromatic rings. The molecule has 0 radical (unpaired) electrons. The smallest absolute Gasteiger partial charge is 0.319 e. The number of nitrogens with two attached hydrogens (primary N) is 1. The second-order valence-electron chi connectivity index (χ2n) is 4.26. The maximum atomic E-state index is 14.0. The predicted molar refractivity (Wildman–Crippen MR) is 65.3 cm³/mol. The van der Waals surface area contributed by atoms with Crippen molar-refractivity contribution in [3.63, 3.8) is 0 Å². The van der Waals surface area contributed by atoms with E-state index in [1.807, 2.05) is 6.92 Å². The van der Waals surface area contributed by atoms with E-state index < -0.39 is 23.6 Å². The lowest BCUT2D eigenvalue weighted by Gasteiger charge is -2.17. The number of aromatic nitrogens is 2. The van der Waals surface area contributed by atoms with Crippen molar-refractivity contribution in [3.8, 4) is 0 Å². The van der Waals surface area contributed by atoms with E-state index in [1.54, 1.807) is 6.07 Å². The Hall–Kier alpha value is -1.89. The zero-order valence-corrected chi connectivity index (χ0v) is 10.7. The molecule has 0 saturated carbocycles. The van der Waals surface area contributed by atoms with Crippen LogP contribution >= 0.6 is 0 Å². The van der Waals surface area contributed by atoms with E-state index in [0.29, 0.717) is 18.3 Å². The van der Waals surface area contributed by atoms with Crippen LogP contribution in [0, 0.1) is 5.82 Å². The molecule has 1 unspecified atom stereocenters. The number of benzene rings is 1. The molecule has 0 aliphatic heterocycles. The van der Waals surface area contributed by atoms with Crippen molar-refractivity contribution in [1.29, 1.82) is 0 Å². The van der Waals surface area contributed by atoms with Gasteiger partial charge in [0, 0.05) is 18.3 Å². The van der Waals surface area contributed by atoms with E-state index in [2.05, 4.69) is 5.10 Å². The van der Waals surface area contributed by atoms with Crippen LogP contribution in [0.15, 0.2) is 30.5 Å². The predicted octanol–water partition coefficient (Wildman–Crippen LogP) is 3.11. The van der Waals surface area contributed by atoms with Crippen molar-refractivity contribution in [2.45, 2.75) is 25.7 Å². The molecule has 108 valence electrons. The van der Waals surface area contributed by atoms with Gasteiger partial charge in [-0.2, -0.15) is 18.3 Å². The highest BCUT2D eigenvalue weighted by Crippen LogP contribution is 2.34. The van der Waals surface area contributed by atoms with Crippen LogP contribution in [0.4, 0.5) is 17.6 Å². The van der Waals surface area contributed by atoms with Gasteiger partial charge in [0.2, 0.25) is 0 Å². The Morgan fingerprint density at radius 1 is 1.30 bits per heavy atom. The maximum Gasteiger partial charge on any atom is 0.419 e. The van der Waals surface area contributed by atoms with E-state index in [4.69, 9.17) is 5.73 Å². The summed E-state index contributed by atoms with van der Waals surface area (Å²) in [6.45, 7) is 2.31. The molecular formula is C13H13F4N3. The first-order valence-electron chi connectivity index (χ1n) is 5.99. The van der Waals surface area contributed by atoms with Crippen molar-refractivity contribution in [2.75, 3.05) is 0 Å². The molecule has 1 atom stereocenters. The number of hydrogen-bond donors (Lipinski definition) is 1. The molecule has 2 rings (SSSR count). The summed E-state index contributed by atoms with van der Waals surface area (Å²) in [5.74, 6) is -1.34. The van der Waals surface area contributed by atoms with E-state index in [-0.39, 0.29) is 5.56 Å². The van der Waals surface area contributed by atoms with Gasteiger partial charge in [-0.25, -0.2) is 4.39 Å². The first kappa shape index (κ1) is 14.5. The fourth-order valence-electron chi connectivity index (χ4n) is 2.04. The minimum Gasteiger partial charge on any atom is -0.319 e. The first-order chi connectivity index (χ1) is 9.36. The Kier molecular flexibility index (Phi) is 3.80. The van der Waals surface area contributed by atoms with Gasteiger partial charge < -0.3 is 5.73 Å². The lowest BCUT2D eigenvalue weighted by atomic mass is 10.0. The summed E-state index contributed by atoms with van der Waals surface area (Å²) in [4.78, 5) is 0. The zero-order chi connectivity index (χ0) is 14.9. The van der Waals surface area contributed by atoms with Crippen molar-refractivity contribution in [3.05, 3.63) is 53.1 Å². The van der Waals surface area contributed by atoms with Gasteiger partial charge in [-0.1, -0.05) is 12.1 Å². The Morgan fingerprint density at radius 3 is 2.60 bits per heavy atom. The molecule has 2 N–H and O–H groups in total. The standard InChI is InChI=1S/C13H13F4N3/c1-2-20-10(6-7-19-20)12(18)8-4-3-5-9(11(8)14)13(15,16)17/h3-7,12H,2,18H2,1H3. The molecule has 1 aromatic heterocycles. The van der Waals surface area contributed by atoms with Crippen LogP contribution in [0.3, 0.4) is 0 Å². The van der Waals surface area contributed by atoms with Gasteiger partial charge >= 0.3 is 6.18 Å². The lowest BCUT2D eigenvalue weighted by molar-refractivity contribution is -0.140. The van der Waals surface area contributed by atoms with Gasteiger partial charge in [-0.3, -0.25) is 4.68 Å². The molecule has 0 bridgehead atoms. The summed E-state index contributed by atoms with van der Waals surface area (Å²) in [5, 5.41) is 3.97. The molecule has 0 aliphatic rings. The van der Waals surface area contributed by atoms with E-state index >= 15 is 0 Å². The Bertz CT molecular complexity index is 604. The van der Waals surface area contributed by atoms with Crippen LogP contribution in [0.2, 0.25) is 0 Å². The monoisotopic (exact) mass is 287 g/mol. The topological polar surface area (TPSA) is 43.8 Å². The van der Waals surface area contributed by atoms with Crippen LogP contribution < -0.4 is 5.73 Å². The lowest BCUT2D eigenvalue weighted by Crippen LogP contribution is -2.20. The molecule has 1 aromatic carbocycles. The van der Waals surface area contributed by atoms with Crippen molar-refractivity contribution in [2.24, 2.45) is 5.73 Å². The SMILES string of the molecule is CCn1nccc1C(N)c1cccc(C(F)(F)F)c1F. The molecule has 0 spiro atoms. The van der Waals surface area contributed by atoms with Crippen molar-refractivity contribution >= 4 is 0 Å². The quantitative estimate of drug-likeness (QED) is 0.881. The summed E-state index contributed by atoms with van der Waals surface area (Å²) >= 11 is 0. The average molecular weight is 287 g/mol. The maximum absolute atomic E-state index is 14.0. The molecule has 0 aliphatic carbocycles. The second kappa shape index (κ2) is 5.24. The van der Waals surface area contributed by atoms with Crippen molar-refractivity contribution in [1.82, 2.24) is 9.78 Å². The number of rotatable bonds is 3. The zero-order valence-electron chi connectivity index (χ0n) is 10.7. The van der Waals surface area contributed by atoms with Gasteiger partial charge in [0.15, 0.2) is 0 Å². The largest absolute Gasteiger partial charge is 0.419 e. The molecule has 0 saturated heterocycles. The van der Waals surface area contributed by atoms with Crippen LogP contribution in [-0.4, -0.2) is 9.78 Å². The molecule has 0 amide bonds. The van der Waals surface area contributed by atoms with Crippen molar-refractivity contribution < 1.29 is 17.6 Å². The van der Waals surface area contributed by atoms with Crippen LogP contribution in [-0.2, 0) is 12.7 Å². The minimum absolute atomic E-state index is 0.199. The van der Waals surface area contributed by atoms with Crippen LogP contribution in [0.25, 0.3) is 0 Å². The van der Waals surface area contributed by atoms with Gasteiger partial charge in [0.1, 0.15) is 5.82 Å². The summed E-state index contributed by atoms with van der Waals surface area (Å²) in [7, 11) is 0. The highest BCUT2D eigenvalue weighted by atomic mass is 19.4. The molecule has 3 nitrogen and oxygen atoms in total. The molecule has 1 heterocycles. The number of alkyl halides is 3. The van der Waals surface area contributed by atoms with Gasteiger partial charge in [0.25, 0.3) is 0 Å². The third-order valence-electron chi connectivity index (χ3n) is 3.04. The third kappa shape index (κ3) is 2.53. The highest BCUT2D eigenvalue weighted by molar-refractivity contribution is 5.34. The number of aryl methyl sites for hydroxylation is 1. The number of hydrogen-bond acceptors (Lipinski definition) is 2. The van der Waals surface area contributed by atoms with E-state index in [9.17, 15) is 17.6 Å². The first-order valence-corrected chi connectivity index (χ1v) is 5.99. The van der Waals surface area contributed by atoms with Gasteiger partial charge in [-0.15, -0.1) is 0 Å². The second-order valence-corrected chi connectivity index (χ2v) is 4.26. The average Bonchev–Trinajstić information content (AvgIpc) is 2.85. The fourth-order valence-corrected chi connectivity index (χ4v) is 2.04. The fraction of sp³-hybridized carbons (Fsp3) is 0.308. The number of nitrogens with zero attached hydrogens (tertiary/aromatic N) is 2. The molecule has 0 fully saturated rings. The summed E-state index contributed by atoms with van der Waals surface area (Å²) in [6.07, 6.45) is -3.27.